The number of carbonyl (C=O) groups excluding carboxylic acids is 2. The molecule has 2 heterocycles. The first-order valence-electron chi connectivity index (χ1n) is 8.68. The molecule has 1 aromatic heterocycles. The van der Waals surface area contributed by atoms with E-state index in [4.69, 9.17) is 4.74 Å². The van der Waals surface area contributed by atoms with Crippen LogP contribution in [0.3, 0.4) is 0 Å². The fourth-order valence-electron chi connectivity index (χ4n) is 3.05. The van der Waals surface area contributed by atoms with Crippen molar-refractivity contribution in [3.05, 3.63) is 48.0 Å². The molecule has 1 aliphatic rings. The Labute approximate surface area is 165 Å². The van der Waals surface area contributed by atoms with Gasteiger partial charge in [-0.2, -0.15) is 0 Å². The first-order chi connectivity index (χ1) is 13.0. The van der Waals surface area contributed by atoms with Crippen molar-refractivity contribution in [1.82, 2.24) is 4.98 Å². The molecule has 0 bridgehead atoms. The second kappa shape index (κ2) is 7.32. The quantitative estimate of drug-likeness (QED) is 0.595. The number of ether oxygens (including phenoxy) is 1. The minimum Gasteiger partial charge on any atom is -0.494 e. The average molecular weight is 399 g/mol. The first-order valence-corrected chi connectivity index (χ1v) is 10.4. The van der Waals surface area contributed by atoms with Crippen molar-refractivity contribution in [1.29, 1.82) is 0 Å². The molecular weight excluding hydrogens is 380 g/mol. The van der Waals surface area contributed by atoms with Gasteiger partial charge in [-0.25, -0.2) is 9.88 Å². The lowest BCUT2D eigenvalue weighted by molar-refractivity contribution is -0.121. The SMILES string of the molecule is CCOc1ccc2nc(S[C@@H]3CC(=O)N(c4cccc(C)c4)C3=O)sc2c1. The van der Waals surface area contributed by atoms with Crippen molar-refractivity contribution < 1.29 is 14.3 Å². The van der Waals surface area contributed by atoms with E-state index in [0.29, 0.717) is 12.3 Å². The Bertz CT molecular complexity index is 1030. The Morgan fingerprint density at radius 3 is 2.89 bits per heavy atom. The Morgan fingerprint density at radius 2 is 2.11 bits per heavy atom. The second-order valence-corrected chi connectivity index (χ2v) is 8.74. The summed E-state index contributed by atoms with van der Waals surface area (Å²) >= 11 is 2.88. The molecule has 2 aromatic carbocycles. The highest BCUT2D eigenvalue weighted by atomic mass is 32.2. The zero-order valence-electron chi connectivity index (χ0n) is 15.0. The molecule has 0 spiro atoms. The number of rotatable bonds is 5. The lowest BCUT2D eigenvalue weighted by Gasteiger charge is -2.15. The van der Waals surface area contributed by atoms with Gasteiger partial charge in [-0.05, 0) is 49.7 Å². The molecule has 0 N–H and O–H groups in total. The summed E-state index contributed by atoms with van der Waals surface area (Å²) in [5.74, 6) is 0.468. The maximum absolute atomic E-state index is 12.8. The predicted octanol–water partition coefficient (Wildman–Crippen LogP) is 4.43. The molecule has 1 atom stereocenters. The molecule has 0 unspecified atom stereocenters. The van der Waals surface area contributed by atoms with Gasteiger partial charge in [0.15, 0.2) is 4.34 Å². The largest absolute Gasteiger partial charge is 0.494 e. The molecule has 0 saturated carbocycles. The van der Waals surface area contributed by atoms with Gasteiger partial charge in [-0.1, -0.05) is 23.9 Å². The molecule has 0 aliphatic carbocycles. The maximum Gasteiger partial charge on any atom is 0.247 e. The first kappa shape index (κ1) is 18.0. The third kappa shape index (κ3) is 3.57. The molecule has 1 fully saturated rings. The van der Waals surface area contributed by atoms with Crippen LogP contribution in [0.2, 0.25) is 0 Å². The summed E-state index contributed by atoms with van der Waals surface area (Å²) in [6.07, 6.45) is 0.192. The molecule has 2 amide bonds. The van der Waals surface area contributed by atoms with Crippen molar-refractivity contribution in [2.75, 3.05) is 11.5 Å². The number of thiazole rings is 1. The predicted molar refractivity (Wildman–Crippen MR) is 109 cm³/mol. The monoisotopic (exact) mass is 398 g/mol. The Kier molecular flexibility index (Phi) is 4.88. The lowest BCUT2D eigenvalue weighted by Crippen LogP contribution is -2.31. The van der Waals surface area contributed by atoms with Gasteiger partial charge in [0.2, 0.25) is 11.8 Å². The van der Waals surface area contributed by atoms with Crippen LogP contribution in [-0.4, -0.2) is 28.7 Å². The molecular formula is C20H18N2O3S2. The highest BCUT2D eigenvalue weighted by Gasteiger charge is 2.40. The topological polar surface area (TPSA) is 59.5 Å². The highest BCUT2D eigenvalue weighted by molar-refractivity contribution is 8.02. The highest BCUT2D eigenvalue weighted by Crippen LogP contribution is 2.38. The van der Waals surface area contributed by atoms with Gasteiger partial charge in [0, 0.05) is 6.42 Å². The minimum atomic E-state index is -0.440. The normalized spacial score (nSPS) is 17.1. The van der Waals surface area contributed by atoms with Gasteiger partial charge >= 0.3 is 0 Å². The van der Waals surface area contributed by atoms with E-state index in [1.165, 1.54) is 28.0 Å². The van der Waals surface area contributed by atoms with E-state index in [9.17, 15) is 9.59 Å². The number of anilines is 1. The molecule has 1 aliphatic heterocycles. The van der Waals surface area contributed by atoms with Crippen LogP contribution >= 0.6 is 23.1 Å². The van der Waals surface area contributed by atoms with Gasteiger partial charge in [-0.15, -0.1) is 11.3 Å². The Morgan fingerprint density at radius 1 is 1.26 bits per heavy atom. The molecule has 0 radical (unpaired) electrons. The summed E-state index contributed by atoms with van der Waals surface area (Å²) in [7, 11) is 0. The van der Waals surface area contributed by atoms with E-state index in [1.807, 2.05) is 50.2 Å². The standard InChI is InChI=1S/C20H18N2O3S2/c1-3-25-14-7-8-15-16(10-14)26-20(21-15)27-17-11-18(23)22(19(17)24)13-6-4-5-12(2)9-13/h4-10,17H,3,11H2,1-2H3/t17-/m1/s1. The van der Waals surface area contributed by atoms with Crippen LogP contribution in [0.5, 0.6) is 5.75 Å². The zero-order valence-corrected chi connectivity index (χ0v) is 16.6. The molecule has 3 aromatic rings. The molecule has 7 heteroatoms. The lowest BCUT2D eigenvalue weighted by atomic mass is 10.2. The Hall–Kier alpha value is -2.38. The maximum atomic E-state index is 12.8. The molecule has 27 heavy (non-hydrogen) atoms. The number of nitrogens with zero attached hydrogens (tertiary/aromatic N) is 2. The van der Waals surface area contributed by atoms with Crippen LogP contribution in [-0.2, 0) is 9.59 Å². The van der Waals surface area contributed by atoms with Crippen LogP contribution in [0.15, 0.2) is 46.8 Å². The average Bonchev–Trinajstić information content (AvgIpc) is 3.15. The van der Waals surface area contributed by atoms with Gasteiger partial charge in [0.05, 0.1) is 22.5 Å². The summed E-state index contributed by atoms with van der Waals surface area (Å²) in [6, 6.07) is 13.2. The van der Waals surface area contributed by atoms with Gasteiger partial charge in [0.25, 0.3) is 0 Å². The minimum absolute atomic E-state index is 0.164. The van der Waals surface area contributed by atoms with E-state index >= 15 is 0 Å². The number of hydrogen-bond acceptors (Lipinski definition) is 6. The summed E-state index contributed by atoms with van der Waals surface area (Å²) in [5.41, 5.74) is 2.53. The van der Waals surface area contributed by atoms with Gasteiger partial charge < -0.3 is 4.74 Å². The number of fused-ring (bicyclic) bond motifs is 1. The van der Waals surface area contributed by atoms with Crippen molar-refractivity contribution in [2.24, 2.45) is 0 Å². The number of aryl methyl sites for hydroxylation is 1. The smallest absolute Gasteiger partial charge is 0.247 e. The van der Waals surface area contributed by atoms with Crippen LogP contribution in [0, 0.1) is 6.92 Å². The van der Waals surface area contributed by atoms with Gasteiger partial charge in [0.1, 0.15) is 11.0 Å². The summed E-state index contributed by atoms with van der Waals surface area (Å²) < 4.78 is 7.32. The van der Waals surface area contributed by atoms with E-state index in [2.05, 4.69) is 4.98 Å². The van der Waals surface area contributed by atoms with E-state index < -0.39 is 5.25 Å². The molecule has 138 valence electrons. The Balaban J connectivity index is 1.55. The number of thioether (sulfide) groups is 1. The van der Waals surface area contributed by atoms with Crippen molar-refractivity contribution in [2.45, 2.75) is 29.9 Å². The number of aromatic nitrogens is 1. The van der Waals surface area contributed by atoms with Crippen molar-refractivity contribution in [3.8, 4) is 5.75 Å². The fourth-order valence-corrected chi connectivity index (χ4v) is 5.41. The van der Waals surface area contributed by atoms with Crippen LogP contribution in [0.4, 0.5) is 5.69 Å². The number of amides is 2. The summed E-state index contributed by atoms with van der Waals surface area (Å²) in [4.78, 5) is 31.2. The number of carbonyl (C=O) groups is 2. The zero-order chi connectivity index (χ0) is 19.0. The number of hydrogen-bond donors (Lipinski definition) is 0. The van der Waals surface area contributed by atoms with E-state index in [0.717, 1.165) is 25.9 Å². The van der Waals surface area contributed by atoms with E-state index in [1.54, 1.807) is 6.07 Å². The molecule has 5 nitrogen and oxygen atoms in total. The summed E-state index contributed by atoms with van der Waals surface area (Å²) in [5, 5.41) is -0.440. The van der Waals surface area contributed by atoms with Crippen molar-refractivity contribution in [3.63, 3.8) is 0 Å². The summed E-state index contributed by atoms with van der Waals surface area (Å²) in [6.45, 7) is 4.50. The van der Waals surface area contributed by atoms with Crippen LogP contribution < -0.4 is 9.64 Å². The van der Waals surface area contributed by atoms with Gasteiger partial charge in [-0.3, -0.25) is 9.59 Å². The van der Waals surface area contributed by atoms with E-state index in [-0.39, 0.29) is 18.2 Å². The second-order valence-electron chi connectivity index (χ2n) is 6.26. The molecule has 1 saturated heterocycles. The fraction of sp³-hybridized carbons (Fsp3) is 0.250. The van der Waals surface area contributed by atoms with Crippen LogP contribution in [0.1, 0.15) is 18.9 Å². The number of imide groups is 1. The third-order valence-corrected chi connectivity index (χ3v) is 6.56. The third-order valence-electron chi connectivity index (χ3n) is 4.26. The van der Waals surface area contributed by atoms with Crippen molar-refractivity contribution >= 4 is 50.8 Å². The number of benzene rings is 2. The van der Waals surface area contributed by atoms with Crippen LogP contribution in [0.25, 0.3) is 10.2 Å². The molecule has 4 rings (SSSR count).